The molecule has 0 aliphatic heterocycles. The fraction of sp³-hybridized carbons (Fsp3) is 0.0714. The van der Waals surface area contributed by atoms with Crippen LogP contribution < -0.4 is 90.5 Å². The first kappa shape index (κ1) is 30.9. The molecule has 170 valence electrons. The maximum Gasteiger partial charge on any atom is 1.00 e. The second kappa shape index (κ2) is 15.2. The molecular weight excluding hydrogens is 508 g/mol. The Bertz CT molecular complexity index is 1050. The molecule has 0 heterocycles. The van der Waals surface area contributed by atoms with Gasteiger partial charge in [-0.2, -0.15) is 0 Å². The Morgan fingerprint density at radius 3 is 0.806 bits per heavy atom. The van der Waals surface area contributed by atoms with Crippen molar-refractivity contribution in [1.29, 1.82) is 0 Å². The summed E-state index contributed by atoms with van der Waals surface area (Å²) in [6.07, 6.45) is 0. The first-order valence-corrected chi connectivity index (χ1v) is 13.6. The molecule has 4 aromatic carbocycles. The molecule has 0 N–H and O–H groups in total. The summed E-state index contributed by atoms with van der Waals surface area (Å²) in [6, 6.07) is 37.0. The van der Waals surface area contributed by atoms with Crippen LogP contribution in [-0.4, -0.2) is 23.3 Å². The van der Waals surface area contributed by atoms with E-state index in [2.05, 4.69) is 0 Å². The number of rotatable bonds is 9. The third-order valence-electron chi connectivity index (χ3n) is 5.48. The molecule has 36 heavy (non-hydrogen) atoms. The number of aliphatic carboxylic acids is 2. The summed E-state index contributed by atoms with van der Waals surface area (Å²) < 4.78 is 0. The summed E-state index contributed by atoms with van der Waals surface area (Å²) >= 11 is 0. The maximum absolute atomic E-state index is 12.8. The van der Waals surface area contributed by atoms with Crippen LogP contribution in [-0.2, 0) is 9.59 Å². The van der Waals surface area contributed by atoms with Gasteiger partial charge in [-0.1, -0.05) is 121 Å². The standard InChI is InChI=1S/C28H24O4P2.2Na/c29-27(30)25(33(21-13-5-1-6-14-21)22-15-7-2-8-16-22)26(28(31)32)34(23-17-9-3-10-18-23)24-19-11-4-12-20-24;;/h1-20,25-26H,(H,29,30)(H,31,32);;/q;2*+1/p-2. The predicted molar refractivity (Wildman–Crippen MR) is 136 cm³/mol. The van der Waals surface area contributed by atoms with E-state index >= 15 is 0 Å². The van der Waals surface area contributed by atoms with Gasteiger partial charge in [0.2, 0.25) is 0 Å². The Kier molecular flexibility index (Phi) is 13.0. The van der Waals surface area contributed by atoms with Crippen molar-refractivity contribution in [2.45, 2.75) is 11.3 Å². The minimum absolute atomic E-state index is 0. The zero-order valence-electron chi connectivity index (χ0n) is 20.2. The van der Waals surface area contributed by atoms with E-state index in [1.807, 2.05) is 121 Å². The van der Waals surface area contributed by atoms with Crippen molar-refractivity contribution in [3.05, 3.63) is 121 Å². The zero-order chi connectivity index (χ0) is 23.9. The molecular formula is C28H22Na2O4P2. The fourth-order valence-electron chi connectivity index (χ4n) is 4.05. The summed E-state index contributed by atoms with van der Waals surface area (Å²) in [6.45, 7) is 0. The topological polar surface area (TPSA) is 80.3 Å². The van der Waals surface area contributed by atoms with Crippen molar-refractivity contribution < 1.29 is 78.9 Å². The minimum atomic E-state index is -1.61. The molecule has 0 amide bonds. The summed E-state index contributed by atoms with van der Waals surface area (Å²) in [7, 11) is -3.21. The van der Waals surface area contributed by atoms with Gasteiger partial charge in [-0.3, -0.25) is 0 Å². The molecule has 0 saturated carbocycles. The van der Waals surface area contributed by atoms with E-state index in [0.29, 0.717) is 0 Å². The Morgan fingerprint density at radius 1 is 0.444 bits per heavy atom. The van der Waals surface area contributed by atoms with Crippen LogP contribution in [0, 0.1) is 0 Å². The zero-order valence-corrected chi connectivity index (χ0v) is 26.0. The summed E-state index contributed by atoms with van der Waals surface area (Å²) in [5, 5.41) is 28.8. The van der Waals surface area contributed by atoms with Crippen LogP contribution in [0.3, 0.4) is 0 Å². The summed E-state index contributed by atoms with van der Waals surface area (Å²) in [5.41, 5.74) is -2.59. The summed E-state index contributed by atoms with van der Waals surface area (Å²) in [5.74, 6) is -2.76. The molecule has 4 nitrogen and oxygen atoms in total. The van der Waals surface area contributed by atoms with Crippen LogP contribution in [0.5, 0.6) is 0 Å². The molecule has 0 aliphatic rings. The van der Waals surface area contributed by atoms with E-state index in [9.17, 15) is 19.8 Å². The Labute approximate surface area is 258 Å². The van der Waals surface area contributed by atoms with Gasteiger partial charge in [0.15, 0.2) is 0 Å². The van der Waals surface area contributed by atoms with E-state index in [0.717, 1.165) is 21.2 Å². The summed E-state index contributed by atoms with van der Waals surface area (Å²) in [4.78, 5) is 25.6. The van der Waals surface area contributed by atoms with Crippen molar-refractivity contribution in [1.82, 2.24) is 0 Å². The van der Waals surface area contributed by atoms with E-state index in [-0.39, 0.29) is 59.1 Å². The Morgan fingerprint density at radius 2 is 0.639 bits per heavy atom. The van der Waals surface area contributed by atoms with Crippen LogP contribution in [0.1, 0.15) is 0 Å². The number of hydrogen-bond donors (Lipinski definition) is 0. The van der Waals surface area contributed by atoms with E-state index in [1.165, 1.54) is 0 Å². The van der Waals surface area contributed by atoms with Crippen LogP contribution in [0.4, 0.5) is 0 Å². The molecule has 2 atom stereocenters. The molecule has 4 rings (SSSR count). The number of carboxylic acids is 2. The third-order valence-corrected chi connectivity index (χ3v) is 11.3. The molecule has 2 unspecified atom stereocenters. The van der Waals surface area contributed by atoms with E-state index in [1.54, 1.807) is 0 Å². The van der Waals surface area contributed by atoms with E-state index in [4.69, 9.17) is 0 Å². The van der Waals surface area contributed by atoms with Crippen molar-refractivity contribution in [2.75, 3.05) is 0 Å². The molecule has 0 aliphatic carbocycles. The Balaban J connectivity index is 0.00000228. The number of carbonyl (C=O) groups excluding carboxylic acids is 2. The molecule has 0 aromatic heterocycles. The number of carbonyl (C=O) groups is 2. The van der Waals surface area contributed by atoms with Gasteiger partial charge < -0.3 is 19.8 Å². The quantitative estimate of drug-likeness (QED) is 0.162. The van der Waals surface area contributed by atoms with Crippen molar-refractivity contribution in [2.24, 2.45) is 0 Å². The molecule has 8 heteroatoms. The second-order valence-electron chi connectivity index (χ2n) is 7.61. The number of carboxylic acid groups (broad SMARTS) is 2. The smallest absolute Gasteiger partial charge is 0.549 e. The molecule has 0 spiro atoms. The molecule has 0 bridgehead atoms. The van der Waals surface area contributed by atoms with Crippen molar-refractivity contribution >= 4 is 49.0 Å². The van der Waals surface area contributed by atoms with Gasteiger partial charge in [-0.05, 0) is 37.1 Å². The van der Waals surface area contributed by atoms with Gasteiger partial charge in [0, 0.05) is 11.3 Å². The molecule has 0 fully saturated rings. The minimum Gasteiger partial charge on any atom is -0.549 e. The third kappa shape index (κ3) is 7.38. The largest absolute Gasteiger partial charge is 1.00 e. The number of benzene rings is 4. The Hall–Kier alpha value is -1.32. The van der Waals surface area contributed by atoms with Crippen molar-refractivity contribution in [3.8, 4) is 0 Å². The number of hydrogen-bond acceptors (Lipinski definition) is 4. The van der Waals surface area contributed by atoms with E-state index < -0.39 is 39.1 Å². The van der Waals surface area contributed by atoms with Crippen molar-refractivity contribution in [3.63, 3.8) is 0 Å². The SMILES string of the molecule is O=C([O-])C(C(C(=O)[O-])P(c1ccccc1)c1ccccc1)P(c1ccccc1)c1ccccc1.[Na+].[Na+]. The molecule has 0 radical (unpaired) electrons. The average Bonchev–Trinajstić information content (AvgIpc) is 2.88. The van der Waals surface area contributed by atoms with Gasteiger partial charge >= 0.3 is 59.1 Å². The first-order chi connectivity index (χ1) is 16.6. The van der Waals surface area contributed by atoms with Gasteiger partial charge in [-0.25, -0.2) is 0 Å². The second-order valence-corrected chi connectivity index (χ2v) is 12.3. The van der Waals surface area contributed by atoms with Crippen LogP contribution >= 0.6 is 15.8 Å². The fourth-order valence-corrected chi connectivity index (χ4v) is 9.93. The van der Waals surface area contributed by atoms with Crippen LogP contribution in [0.15, 0.2) is 121 Å². The van der Waals surface area contributed by atoms with Gasteiger partial charge in [-0.15, -0.1) is 0 Å². The van der Waals surface area contributed by atoms with Gasteiger partial charge in [0.25, 0.3) is 0 Å². The maximum atomic E-state index is 12.8. The van der Waals surface area contributed by atoms with Gasteiger partial charge in [0.1, 0.15) is 0 Å². The average molecular weight is 530 g/mol. The van der Waals surface area contributed by atoms with Crippen LogP contribution in [0.2, 0.25) is 0 Å². The first-order valence-electron chi connectivity index (χ1n) is 10.8. The van der Waals surface area contributed by atoms with Gasteiger partial charge in [0.05, 0.1) is 11.9 Å². The molecule has 4 aromatic rings. The predicted octanol–water partition coefficient (Wildman–Crippen LogP) is -4.50. The monoisotopic (exact) mass is 530 g/mol. The normalized spacial score (nSPS) is 12.2. The van der Waals surface area contributed by atoms with Crippen LogP contribution in [0.25, 0.3) is 0 Å². The molecule has 0 saturated heterocycles.